The summed E-state index contributed by atoms with van der Waals surface area (Å²) in [5, 5.41) is 3.38. The number of ketones is 1. The van der Waals surface area contributed by atoms with Crippen molar-refractivity contribution in [3.05, 3.63) is 0 Å². The summed E-state index contributed by atoms with van der Waals surface area (Å²) in [6.07, 6.45) is 0.811. The molecule has 1 heterocycles. The first-order chi connectivity index (χ1) is 6.32. The van der Waals surface area contributed by atoms with E-state index in [1.54, 1.807) is 0 Å². The summed E-state index contributed by atoms with van der Waals surface area (Å²) in [5.41, 5.74) is -0.255. The van der Waals surface area contributed by atoms with E-state index < -0.39 is 0 Å². The summed E-state index contributed by atoms with van der Waals surface area (Å²) < 4.78 is 0. The van der Waals surface area contributed by atoms with E-state index in [-0.39, 0.29) is 22.8 Å². The van der Waals surface area contributed by atoms with E-state index in [2.05, 4.69) is 12.2 Å². The monoisotopic (exact) mass is 217 g/mol. The van der Waals surface area contributed by atoms with Crippen LogP contribution < -0.4 is 5.32 Å². The fourth-order valence-electron chi connectivity index (χ4n) is 1.91. The summed E-state index contributed by atoms with van der Waals surface area (Å²) in [4.78, 5) is 12.1. The molecule has 1 N–H and O–H groups in total. The number of carbonyl (C=O) groups excluding carboxylic acids is 1. The summed E-state index contributed by atoms with van der Waals surface area (Å²) in [6.45, 7) is 8.80. The number of rotatable bonds is 1. The summed E-state index contributed by atoms with van der Waals surface area (Å²) in [5.74, 6) is 0.397. The SMILES string of the molecule is CC1NCC(Cl)CC1C(=O)C(C)(C)C. The smallest absolute Gasteiger partial charge is 0.142 e. The average Bonchev–Trinajstić information content (AvgIpc) is 2.06. The highest BCUT2D eigenvalue weighted by atomic mass is 35.5. The van der Waals surface area contributed by atoms with Gasteiger partial charge in [-0.25, -0.2) is 0 Å². The van der Waals surface area contributed by atoms with Gasteiger partial charge in [0.25, 0.3) is 0 Å². The van der Waals surface area contributed by atoms with Crippen molar-refractivity contribution >= 4 is 17.4 Å². The van der Waals surface area contributed by atoms with Crippen molar-refractivity contribution in [3.8, 4) is 0 Å². The van der Waals surface area contributed by atoms with Crippen LogP contribution in [0.25, 0.3) is 0 Å². The maximum absolute atomic E-state index is 12.1. The van der Waals surface area contributed by atoms with E-state index in [9.17, 15) is 4.79 Å². The van der Waals surface area contributed by atoms with Gasteiger partial charge in [-0.15, -0.1) is 11.6 Å². The third-order valence-electron chi connectivity index (χ3n) is 2.85. The van der Waals surface area contributed by atoms with Crippen molar-refractivity contribution in [2.45, 2.75) is 45.5 Å². The molecule has 0 bridgehead atoms. The van der Waals surface area contributed by atoms with Crippen molar-refractivity contribution in [1.82, 2.24) is 5.32 Å². The van der Waals surface area contributed by atoms with Gasteiger partial charge in [-0.1, -0.05) is 20.8 Å². The van der Waals surface area contributed by atoms with Crippen LogP contribution in [-0.2, 0) is 4.79 Å². The van der Waals surface area contributed by atoms with Crippen molar-refractivity contribution in [2.75, 3.05) is 6.54 Å². The molecular formula is C11H20ClNO. The molecule has 0 radical (unpaired) electrons. The first-order valence-corrected chi connectivity index (χ1v) is 5.68. The van der Waals surface area contributed by atoms with Crippen LogP contribution in [0.5, 0.6) is 0 Å². The molecule has 14 heavy (non-hydrogen) atoms. The van der Waals surface area contributed by atoms with Crippen molar-refractivity contribution in [3.63, 3.8) is 0 Å². The zero-order valence-electron chi connectivity index (χ0n) is 9.43. The molecule has 0 amide bonds. The summed E-state index contributed by atoms with van der Waals surface area (Å²) in [7, 11) is 0. The van der Waals surface area contributed by atoms with Gasteiger partial charge in [0.15, 0.2) is 0 Å². The second-order valence-electron chi connectivity index (χ2n) is 5.25. The third kappa shape index (κ3) is 2.71. The molecule has 0 aromatic carbocycles. The number of halogens is 1. The Bertz CT molecular complexity index is 222. The molecule has 1 aliphatic rings. The molecule has 3 atom stereocenters. The molecule has 0 saturated carbocycles. The lowest BCUT2D eigenvalue weighted by Crippen LogP contribution is -2.49. The van der Waals surface area contributed by atoms with Gasteiger partial charge in [0.05, 0.1) is 0 Å². The van der Waals surface area contributed by atoms with Crippen molar-refractivity contribution < 1.29 is 4.79 Å². The molecule has 0 aromatic rings. The van der Waals surface area contributed by atoms with Crippen LogP contribution >= 0.6 is 11.6 Å². The molecule has 1 fully saturated rings. The van der Waals surface area contributed by atoms with E-state index in [0.29, 0.717) is 5.78 Å². The minimum absolute atomic E-state index is 0.0752. The number of alkyl halides is 1. The lowest BCUT2D eigenvalue weighted by Gasteiger charge is -2.35. The van der Waals surface area contributed by atoms with Gasteiger partial charge in [-0.2, -0.15) is 0 Å². The Kier molecular flexibility index (Phi) is 3.59. The second kappa shape index (κ2) is 4.19. The average molecular weight is 218 g/mol. The molecular weight excluding hydrogens is 198 g/mol. The first kappa shape index (κ1) is 12.0. The lowest BCUT2D eigenvalue weighted by atomic mass is 9.77. The highest BCUT2D eigenvalue weighted by Gasteiger charge is 2.36. The van der Waals surface area contributed by atoms with E-state index in [0.717, 1.165) is 13.0 Å². The van der Waals surface area contributed by atoms with Gasteiger partial charge in [0.2, 0.25) is 0 Å². The van der Waals surface area contributed by atoms with Gasteiger partial charge in [-0.3, -0.25) is 4.79 Å². The van der Waals surface area contributed by atoms with E-state index in [1.165, 1.54) is 0 Å². The van der Waals surface area contributed by atoms with Crippen LogP contribution in [-0.4, -0.2) is 23.7 Å². The topological polar surface area (TPSA) is 29.1 Å². The van der Waals surface area contributed by atoms with Gasteiger partial charge in [-0.05, 0) is 13.3 Å². The third-order valence-corrected chi connectivity index (χ3v) is 3.18. The Balaban J connectivity index is 2.70. The molecule has 3 unspecified atom stereocenters. The van der Waals surface area contributed by atoms with Gasteiger partial charge in [0.1, 0.15) is 5.78 Å². The number of Topliss-reactive ketones (excluding diaryl/α,β-unsaturated/α-hetero) is 1. The van der Waals surface area contributed by atoms with Crippen LogP contribution in [0.3, 0.4) is 0 Å². The molecule has 1 saturated heterocycles. The van der Waals surface area contributed by atoms with Crippen LogP contribution in [0, 0.1) is 11.3 Å². The highest BCUT2D eigenvalue weighted by Crippen LogP contribution is 2.28. The predicted octanol–water partition coefficient (Wildman–Crippen LogP) is 2.21. The first-order valence-electron chi connectivity index (χ1n) is 5.24. The van der Waals surface area contributed by atoms with Crippen LogP contribution in [0.4, 0.5) is 0 Å². The van der Waals surface area contributed by atoms with Gasteiger partial charge >= 0.3 is 0 Å². The number of carbonyl (C=O) groups is 1. The lowest BCUT2D eigenvalue weighted by molar-refractivity contribution is -0.131. The van der Waals surface area contributed by atoms with Crippen LogP contribution in [0.2, 0.25) is 0 Å². The summed E-state index contributed by atoms with van der Waals surface area (Å²) in [6, 6.07) is 0.261. The minimum atomic E-state index is -0.255. The maximum atomic E-state index is 12.1. The van der Waals surface area contributed by atoms with E-state index in [4.69, 9.17) is 11.6 Å². The minimum Gasteiger partial charge on any atom is -0.312 e. The Morgan fingerprint density at radius 2 is 2.00 bits per heavy atom. The van der Waals surface area contributed by atoms with E-state index in [1.807, 2.05) is 20.8 Å². The fourth-order valence-corrected chi connectivity index (χ4v) is 2.19. The largest absolute Gasteiger partial charge is 0.312 e. The standard InChI is InChI=1S/C11H20ClNO/c1-7-9(5-8(12)6-13-7)10(14)11(2,3)4/h7-9,13H,5-6H2,1-4H3. The molecule has 2 nitrogen and oxygen atoms in total. The Hall–Kier alpha value is -0.0800. The highest BCUT2D eigenvalue weighted by molar-refractivity contribution is 6.21. The fraction of sp³-hybridized carbons (Fsp3) is 0.909. The number of hydrogen-bond acceptors (Lipinski definition) is 2. The van der Waals surface area contributed by atoms with Crippen LogP contribution in [0.1, 0.15) is 34.1 Å². The Morgan fingerprint density at radius 1 is 1.43 bits per heavy atom. The number of piperidine rings is 1. The molecule has 1 aliphatic heterocycles. The quantitative estimate of drug-likeness (QED) is 0.683. The Labute approximate surface area is 91.4 Å². The van der Waals surface area contributed by atoms with Crippen LogP contribution in [0.15, 0.2) is 0 Å². The van der Waals surface area contributed by atoms with Gasteiger partial charge in [0, 0.05) is 29.3 Å². The molecule has 1 rings (SSSR count). The molecule has 0 spiro atoms. The van der Waals surface area contributed by atoms with Crippen molar-refractivity contribution in [1.29, 1.82) is 0 Å². The zero-order chi connectivity index (χ0) is 10.9. The van der Waals surface area contributed by atoms with E-state index >= 15 is 0 Å². The Morgan fingerprint density at radius 3 is 2.50 bits per heavy atom. The second-order valence-corrected chi connectivity index (χ2v) is 5.87. The zero-order valence-corrected chi connectivity index (χ0v) is 10.2. The molecule has 0 aliphatic carbocycles. The van der Waals surface area contributed by atoms with Gasteiger partial charge < -0.3 is 5.32 Å². The normalized spacial score (nSPS) is 34.2. The number of hydrogen-bond donors (Lipinski definition) is 1. The van der Waals surface area contributed by atoms with Crippen molar-refractivity contribution in [2.24, 2.45) is 11.3 Å². The maximum Gasteiger partial charge on any atom is 0.142 e. The predicted molar refractivity (Wildman–Crippen MR) is 59.7 cm³/mol. The molecule has 3 heteroatoms. The number of nitrogens with one attached hydrogen (secondary N) is 1. The molecule has 82 valence electrons. The summed E-state index contributed by atoms with van der Waals surface area (Å²) >= 11 is 6.06. The molecule has 0 aromatic heterocycles.